The van der Waals surface area contributed by atoms with Crippen molar-refractivity contribution in [1.29, 1.82) is 5.26 Å². The quantitative estimate of drug-likeness (QED) is 0.894. The van der Waals surface area contributed by atoms with E-state index < -0.39 is 0 Å². The lowest BCUT2D eigenvalue weighted by Crippen LogP contribution is -2.22. The van der Waals surface area contributed by atoms with Crippen molar-refractivity contribution in [2.45, 2.75) is 33.3 Å². The topological polar surface area (TPSA) is 83.2 Å². The number of hydrogen-bond donors (Lipinski definition) is 1. The van der Waals surface area contributed by atoms with Crippen molar-refractivity contribution in [2.24, 2.45) is 0 Å². The fraction of sp³-hybridized carbons (Fsp3) is 0.462. The summed E-state index contributed by atoms with van der Waals surface area (Å²) < 4.78 is 6.39. The van der Waals surface area contributed by atoms with E-state index in [0.29, 0.717) is 47.6 Å². The van der Waals surface area contributed by atoms with Crippen molar-refractivity contribution in [2.75, 3.05) is 7.11 Å². The molecule has 0 fully saturated rings. The molecule has 19 heavy (non-hydrogen) atoms. The van der Waals surface area contributed by atoms with E-state index in [1.165, 1.54) is 4.52 Å². The summed E-state index contributed by atoms with van der Waals surface area (Å²) in [6.45, 7) is 4.13. The molecular formula is C13H16N4O2. The lowest BCUT2D eigenvalue weighted by molar-refractivity contribution is 0.180. The number of H-pyrrole nitrogens is 1. The number of fused-ring (bicyclic) bond motifs is 1. The molecule has 0 spiro atoms. The maximum atomic E-state index is 12.4. The Morgan fingerprint density at radius 3 is 2.68 bits per heavy atom. The highest BCUT2D eigenvalue weighted by atomic mass is 16.5. The number of hydrogen-bond acceptors (Lipinski definition) is 4. The van der Waals surface area contributed by atoms with Crippen LogP contribution in [-0.4, -0.2) is 21.7 Å². The number of methoxy groups -OCH3 is 1. The van der Waals surface area contributed by atoms with E-state index >= 15 is 0 Å². The van der Waals surface area contributed by atoms with Gasteiger partial charge in [0.05, 0.1) is 18.0 Å². The van der Waals surface area contributed by atoms with Gasteiger partial charge >= 0.3 is 0 Å². The van der Waals surface area contributed by atoms with Crippen LogP contribution in [-0.2, 0) is 24.2 Å². The fourth-order valence-corrected chi connectivity index (χ4v) is 2.20. The van der Waals surface area contributed by atoms with E-state index in [2.05, 4.69) is 16.2 Å². The van der Waals surface area contributed by atoms with Gasteiger partial charge in [-0.1, -0.05) is 13.8 Å². The smallest absolute Gasteiger partial charge is 0.277 e. The molecule has 6 nitrogen and oxygen atoms in total. The highest BCUT2D eigenvalue weighted by molar-refractivity contribution is 5.58. The van der Waals surface area contributed by atoms with Gasteiger partial charge in [-0.05, 0) is 12.8 Å². The third-order valence-electron chi connectivity index (χ3n) is 3.13. The highest BCUT2D eigenvalue weighted by Crippen LogP contribution is 2.14. The average Bonchev–Trinajstić information content (AvgIpc) is 2.77. The second-order valence-electron chi connectivity index (χ2n) is 4.22. The van der Waals surface area contributed by atoms with Crippen LogP contribution < -0.4 is 5.56 Å². The van der Waals surface area contributed by atoms with Gasteiger partial charge in [-0.2, -0.15) is 14.9 Å². The van der Waals surface area contributed by atoms with Crippen molar-refractivity contribution in [1.82, 2.24) is 14.6 Å². The molecule has 0 aliphatic rings. The Balaban J connectivity index is 2.86. The minimum Gasteiger partial charge on any atom is -0.378 e. The van der Waals surface area contributed by atoms with Crippen LogP contribution in [0.25, 0.3) is 5.65 Å². The van der Waals surface area contributed by atoms with Crippen molar-refractivity contribution >= 4 is 5.65 Å². The Bertz CT molecular complexity index is 706. The van der Waals surface area contributed by atoms with Crippen molar-refractivity contribution in [3.63, 3.8) is 0 Å². The molecule has 0 radical (unpaired) electrons. The van der Waals surface area contributed by atoms with Crippen LogP contribution in [0, 0.1) is 11.3 Å². The van der Waals surface area contributed by atoms with Crippen molar-refractivity contribution < 1.29 is 4.74 Å². The predicted octanol–water partition coefficient (Wildman–Crippen LogP) is 1.17. The van der Waals surface area contributed by atoms with Crippen molar-refractivity contribution in [3.05, 3.63) is 32.9 Å². The Morgan fingerprint density at radius 2 is 2.16 bits per heavy atom. The molecule has 2 aromatic rings. The van der Waals surface area contributed by atoms with E-state index in [9.17, 15) is 10.1 Å². The summed E-state index contributed by atoms with van der Waals surface area (Å²) in [6, 6.07) is 2.11. The average molecular weight is 260 g/mol. The normalized spacial score (nSPS) is 10.8. The summed E-state index contributed by atoms with van der Waals surface area (Å²) in [5.41, 5.74) is 2.69. The predicted molar refractivity (Wildman–Crippen MR) is 70.0 cm³/mol. The van der Waals surface area contributed by atoms with E-state index in [0.717, 1.165) is 0 Å². The summed E-state index contributed by atoms with van der Waals surface area (Å²) in [4.78, 5) is 15.5. The van der Waals surface area contributed by atoms with Crippen LogP contribution in [0.2, 0.25) is 0 Å². The number of ether oxygens (including phenoxy) is 1. The Morgan fingerprint density at radius 1 is 1.42 bits per heavy atom. The number of aromatic nitrogens is 3. The van der Waals surface area contributed by atoms with Gasteiger partial charge < -0.3 is 9.72 Å². The second kappa shape index (κ2) is 5.24. The van der Waals surface area contributed by atoms with Gasteiger partial charge in [0.1, 0.15) is 11.6 Å². The molecule has 2 heterocycles. The summed E-state index contributed by atoms with van der Waals surface area (Å²) in [6.07, 6.45) is 1.20. The van der Waals surface area contributed by atoms with Crippen molar-refractivity contribution in [3.8, 4) is 6.07 Å². The van der Waals surface area contributed by atoms with Gasteiger partial charge in [0, 0.05) is 12.7 Å². The molecule has 2 rings (SSSR count). The van der Waals surface area contributed by atoms with Crippen LogP contribution >= 0.6 is 0 Å². The molecule has 1 N–H and O–H groups in total. The molecule has 0 amide bonds. The molecule has 6 heteroatoms. The monoisotopic (exact) mass is 260 g/mol. The Hall–Kier alpha value is -2.13. The minimum absolute atomic E-state index is 0.181. The Labute approximate surface area is 110 Å². The van der Waals surface area contributed by atoms with Gasteiger partial charge in [0.2, 0.25) is 0 Å². The van der Waals surface area contributed by atoms with Crippen LogP contribution in [0.4, 0.5) is 0 Å². The summed E-state index contributed by atoms with van der Waals surface area (Å²) >= 11 is 0. The minimum atomic E-state index is -0.181. The van der Waals surface area contributed by atoms with Crippen LogP contribution in [0.5, 0.6) is 0 Å². The fourth-order valence-electron chi connectivity index (χ4n) is 2.20. The zero-order valence-corrected chi connectivity index (χ0v) is 11.3. The maximum absolute atomic E-state index is 12.4. The van der Waals surface area contributed by atoms with Crippen LogP contribution in [0.1, 0.15) is 36.4 Å². The van der Waals surface area contributed by atoms with E-state index in [4.69, 9.17) is 4.74 Å². The largest absolute Gasteiger partial charge is 0.378 e. The zero-order chi connectivity index (χ0) is 14.0. The number of nitriles is 1. The third-order valence-corrected chi connectivity index (χ3v) is 3.13. The van der Waals surface area contributed by atoms with Gasteiger partial charge in [-0.25, -0.2) is 0 Å². The summed E-state index contributed by atoms with van der Waals surface area (Å²) in [5, 5.41) is 13.4. The summed E-state index contributed by atoms with van der Waals surface area (Å²) in [5.74, 6) is 0. The number of nitrogens with zero attached hydrogens (tertiary/aromatic N) is 3. The second-order valence-corrected chi connectivity index (χ2v) is 4.22. The maximum Gasteiger partial charge on any atom is 0.277 e. The molecule has 0 saturated carbocycles. The van der Waals surface area contributed by atoms with E-state index in [1.807, 2.05) is 13.8 Å². The zero-order valence-electron chi connectivity index (χ0n) is 11.3. The first kappa shape index (κ1) is 13.3. The molecule has 0 aromatic carbocycles. The SMILES string of the molecule is CCc1nn2c(=O)c(CC)c(COC)[nH]c2c1C#N. The number of rotatable bonds is 4. The first-order valence-corrected chi connectivity index (χ1v) is 6.22. The first-order chi connectivity index (χ1) is 9.17. The lowest BCUT2D eigenvalue weighted by Gasteiger charge is -2.07. The van der Waals surface area contributed by atoms with Gasteiger partial charge in [-0.3, -0.25) is 4.79 Å². The van der Waals surface area contributed by atoms with Gasteiger partial charge in [-0.15, -0.1) is 0 Å². The standard InChI is InChI=1S/C13H16N4O2/c1-4-8-11(7-19-3)15-12-9(6-14)10(5-2)16-17(12)13(8)18/h15H,4-5,7H2,1-3H3. The molecule has 0 bridgehead atoms. The lowest BCUT2D eigenvalue weighted by atomic mass is 10.1. The molecule has 0 atom stereocenters. The molecule has 0 aliphatic carbocycles. The molecule has 2 aromatic heterocycles. The van der Waals surface area contributed by atoms with Crippen LogP contribution in [0.15, 0.2) is 4.79 Å². The highest BCUT2D eigenvalue weighted by Gasteiger charge is 2.17. The van der Waals surface area contributed by atoms with E-state index in [1.54, 1.807) is 7.11 Å². The molecule has 0 unspecified atom stereocenters. The molecular weight excluding hydrogens is 244 g/mol. The Kier molecular flexibility index (Phi) is 3.67. The third kappa shape index (κ3) is 2.02. The first-order valence-electron chi connectivity index (χ1n) is 6.22. The molecule has 0 aliphatic heterocycles. The number of nitrogens with one attached hydrogen (secondary N) is 1. The van der Waals surface area contributed by atoms with Gasteiger partial charge in [0.15, 0.2) is 5.65 Å². The van der Waals surface area contributed by atoms with E-state index in [-0.39, 0.29) is 5.56 Å². The molecule has 0 saturated heterocycles. The number of aryl methyl sites for hydroxylation is 1. The number of aromatic amines is 1. The molecule has 100 valence electrons. The van der Waals surface area contributed by atoms with Gasteiger partial charge in [0.25, 0.3) is 5.56 Å². The summed E-state index contributed by atoms with van der Waals surface area (Å²) in [7, 11) is 1.57. The van der Waals surface area contributed by atoms with Crippen LogP contribution in [0.3, 0.4) is 0 Å².